The maximum absolute atomic E-state index is 6.09. The molecule has 4 fully saturated rings. The van der Waals surface area contributed by atoms with Gasteiger partial charge in [-0.3, -0.25) is 0 Å². The Hall–Kier alpha value is -4.86. The predicted molar refractivity (Wildman–Crippen MR) is 200 cm³/mol. The molecule has 53 heavy (non-hydrogen) atoms. The Labute approximate surface area is 310 Å². The average Bonchev–Trinajstić information content (AvgIpc) is 3.98. The van der Waals surface area contributed by atoms with Crippen molar-refractivity contribution in [2.45, 2.75) is 43.2 Å². The van der Waals surface area contributed by atoms with Gasteiger partial charge in [0.05, 0.1) is 26.4 Å². The minimum atomic E-state index is 0.00147. The van der Waals surface area contributed by atoms with E-state index in [0.29, 0.717) is 26.4 Å². The molecule has 4 aliphatic rings. The third-order valence-electron chi connectivity index (χ3n) is 10.1. The summed E-state index contributed by atoms with van der Waals surface area (Å²) in [5.74, 6) is 3.43. The number of rotatable bonds is 18. The summed E-state index contributed by atoms with van der Waals surface area (Å²) in [6.45, 7) is 7.52. The molecule has 5 atom stereocenters. The Bertz CT molecular complexity index is 1900. The minimum absolute atomic E-state index is 0.00147. The van der Waals surface area contributed by atoms with Crippen molar-refractivity contribution < 1.29 is 37.9 Å². The molecule has 0 radical (unpaired) electrons. The molecule has 0 N–H and O–H groups in total. The highest BCUT2D eigenvalue weighted by molar-refractivity contribution is 5.51. The van der Waals surface area contributed by atoms with E-state index < -0.39 is 0 Å². The second-order valence-corrected chi connectivity index (χ2v) is 14.3. The van der Waals surface area contributed by atoms with Gasteiger partial charge in [-0.15, -0.1) is 0 Å². The van der Waals surface area contributed by atoms with Gasteiger partial charge < -0.3 is 37.9 Å². The Balaban J connectivity index is 1.02. The molecule has 8 heteroatoms. The minimum Gasteiger partial charge on any atom is -0.491 e. The van der Waals surface area contributed by atoms with E-state index in [0.717, 1.165) is 55.0 Å². The summed E-state index contributed by atoms with van der Waals surface area (Å²) in [5, 5.41) is 0. The number of ether oxygens (including phenoxy) is 8. The van der Waals surface area contributed by atoms with Crippen LogP contribution in [-0.2, 0) is 18.9 Å². The highest BCUT2D eigenvalue weighted by Crippen LogP contribution is 2.39. The smallest absolute Gasteiger partial charge is 0.122 e. The van der Waals surface area contributed by atoms with Gasteiger partial charge in [-0.05, 0) is 88.3 Å². The molecule has 0 amide bonds. The van der Waals surface area contributed by atoms with Gasteiger partial charge in [0.25, 0.3) is 0 Å². The molecule has 0 bridgehead atoms. The van der Waals surface area contributed by atoms with Crippen LogP contribution in [0.25, 0.3) is 0 Å². The van der Waals surface area contributed by atoms with Gasteiger partial charge in [-0.2, -0.15) is 0 Å². The third-order valence-corrected chi connectivity index (χ3v) is 10.1. The number of hydrogen-bond donors (Lipinski definition) is 0. The molecule has 0 saturated carbocycles. The molecule has 4 heterocycles. The van der Waals surface area contributed by atoms with E-state index in [9.17, 15) is 0 Å². The third kappa shape index (κ3) is 8.86. The number of aryl methyl sites for hydroxylation is 1. The van der Waals surface area contributed by atoms with E-state index in [-0.39, 0.29) is 36.3 Å². The first-order chi connectivity index (χ1) is 26.1. The fourth-order valence-corrected chi connectivity index (χ4v) is 6.73. The van der Waals surface area contributed by atoms with E-state index in [4.69, 9.17) is 37.9 Å². The van der Waals surface area contributed by atoms with Crippen molar-refractivity contribution in [3.05, 3.63) is 154 Å². The summed E-state index contributed by atoms with van der Waals surface area (Å²) in [5.41, 5.74) is 8.23. The number of epoxide rings is 4. The van der Waals surface area contributed by atoms with E-state index in [1.807, 2.05) is 0 Å². The van der Waals surface area contributed by atoms with Gasteiger partial charge in [0.15, 0.2) is 0 Å². The maximum Gasteiger partial charge on any atom is 0.122 e. The zero-order chi connectivity index (χ0) is 35.6. The molecule has 4 saturated heterocycles. The van der Waals surface area contributed by atoms with E-state index in [2.05, 4.69) is 122 Å². The zero-order valence-corrected chi connectivity index (χ0v) is 29.9. The molecule has 5 aromatic rings. The van der Waals surface area contributed by atoms with Gasteiger partial charge in [0.2, 0.25) is 0 Å². The van der Waals surface area contributed by atoms with Gasteiger partial charge >= 0.3 is 0 Å². The van der Waals surface area contributed by atoms with Gasteiger partial charge in [-0.1, -0.05) is 72.8 Å². The van der Waals surface area contributed by atoms with E-state index >= 15 is 0 Å². The van der Waals surface area contributed by atoms with Crippen molar-refractivity contribution in [2.24, 2.45) is 0 Å². The lowest BCUT2D eigenvalue weighted by atomic mass is 9.81. The molecule has 0 aromatic heterocycles. The predicted octanol–water partition coefficient (Wildman–Crippen LogP) is 7.47. The highest BCUT2D eigenvalue weighted by atomic mass is 16.6. The fourth-order valence-electron chi connectivity index (χ4n) is 6.73. The van der Waals surface area contributed by atoms with Crippen molar-refractivity contribution in [3.8, 4) is 23.0 Å². The first-order valence-electron chi connectivity index (χ1n) is 18.6. The Morgan fingerprint density at radius 3 is 1.02 bits per heavy atom. The van der Waals surface area contributed by atoms with Crippen LogP contribution in [0.2, 0.25) is 0 Å². The van der Waals surface area contributed by atoms with Gasteiger partial charge in [-0.25, -0.2) is 0 Å². The summed E-state index contributed by atoms with van der Waals surface area (Å²) >= 11 is 0. The second-order valence-electron chi connectivity index (χ2n) is 14.3. The molecular formula is C45H44O8. The molecule has 0 spiro atoms. The SMILES string of the molecule is Cc1cc(C(c2ccc(OCC3CO3)cc2)c2ccc(C(c3ccc(OCC4CO4)cc3)c3ccc(OCC4CO4)cc3)cc2)ccc1OC[C@H]1CO1. The fraction of sp³-hybridized carbons (Fsp3) is 0.333. The molecule has 5 aromatic carbocycles. The molecule has 4 unspecified atom stereocenters. The molecule has 272 valence electrons. The van der Waals surface area contributed by atoms with Crippen molar-refractivity contribution >= 4 is 0 Å². The van der Waals surface area contributed by atoms with Gasteiger partial charge in [0, 0.05) is 11.8 Å². The molecule has 8 nitrogen and oxygen atoms in total. The van der Waals surface area contributed by atoms with Crippen LogP contribution in [0.1, 0.15) is 50.8 Å². The topological polar surface area (TPSA) is 87.0 Å². The first-order valence-corrected chi connectivity index (χ1v) is 18.6. The maximum atomic E-state index is 6.09. The van der Waals surface area contributed by atoms with Crippen LogP contribution in [0.3, 0.4) is 0 Å². The Morgan fingerprint density at radius 2 is 0.698 bits per heavy atom. The van der Waals surface area contributed by atoms with Crippen molar-refractivity contribution in [3.63, 3.8) is 0 Å². The van der Waals surface area contributed by atoms with Crippen LogP contribution >= 0.6 is 0 Å². The van der Waals surface area contributed by atoms with Crippen LogP contribution in [-0.4, -0.2) is 77.3 Å². The normalized spacial score (nSPS) is 22.0. The molecule has 0 aliphatic carbocycles. The molecule has 4 aliphatic heterocycles. The van der Waals surface area contributed by atoms with E-state index in [1.165, 1.54) is 33.4 Å². The second kappa shape index (κ2) is 15.2. The van der Waals surface area contributed by atoms with Crippen molar-refractivity contribution in [1.82, 2.24) is 0 Å². The Morgan fingerprint density at radius 1 is 0.415 bits per heavy atom. The lowest BCUT2D eigenvalue weighted by molar-refractivity contribution is 0.261. The zero-order valence-electron chi connectivity index (χ0n) is 29.9. The summed E-state index contributed by atoms with van der Waals surface area (Å²) < 4.78 is 45.4. The monoisotopic (exact) mass is 712 g/mol. The molecular weight excluding hydrogens is 668 g/mol. The summed E-state index contributed by atoms with van der Waals surface area (Å²) in [7, 11) is 0. The van der Waals surface area contributed by atoms with Crippen LogP contribution < -0.4 is 18.9 Å². The van der Waals surface area contributed by atoms with Gasteiger partial charge in [0.1, 0.15) is 73.8 Å². The average molecular weight is 713 g/mol. The lowest BCUT2D eigenvalue weighted by Crippen LogP contribution is -2.09. The largest absolute Gasteiger partial charge is 0.491 e. The number of benzene rings is 5. The van der Waals surface area contributed by atoms with Crippen LogP contribution in [0, 0.1) is 6.92 Å². The summed E-state index contributed by atoms with van der Waals surface area (Å²) in [6.07, 6.45) is 0.840. The number of hydrogen-bond acceptors (Lipinski definition) is 8. The molecule has 9 rings (SSSR count). The quantitative estimate of drug-likeness (QED) is 0.0684. The van der Waals surface area contributed by atoms with E-state index in [1.54, 1.807) is 0 Å². The summed E-state index contributed by atoms with van der Waals surface area (Å²) in [6, 6.07) is 41.0. The highest BCUT2D eigenvalue weighted by Gasteiger charge is 2.27. The van der Waals surface area contributed by atoms with Crippen molar-refractivity contribution in [2.75, 3.05) is 52.9 Å². The van der Waals surface area contributed by atoms with Crippen LogP contribution in [0.15, 0.2) is 115 Å². The van der Waals surface area contributed by atoms with Crippen LogP contribution in [0.5, 0.6) is 23.0 Å². The van der Waals surface area contributed by atoms with Crippen LogP contribution in [0.4, 0.5) is 0 Å². The lowest BCUT2D eigenvalue weighted by Gasteiger charge is -2.23. The standard InChI is InChI=1S/C45H44O8/c1-29-20-35(12-19-43(29)53-28-42-27-52-42)45(34-10-17-38(18-11-34)48-23-41-26-51-41)31-4-2-30(3-5-31)44(32-6-13-36(14-7-32)46-21-39-24-49-39)33-8-15-37(16-9-33)47-22-40-25-50-40/h2-20,39-42,44-45H,21-28H2,1H3/t39?,40?,41?,42-,44?,45?/m1/s1. The first kappa shape index (κ1) is 33.9. The summed E-state index contributed by atoms with van der Waals surface area (Å²) in [4.78, 5) is 0. The van der Waals surface area contributed by atoms with Crippen molar-refractivity contribution in [1.29, 1.82) is 0 Å². The Kier molecular flexibility index (Phi) is 9.76.